The highest BCUT2D eigenvalue weighted by Crippen LogP contribution is 2.34. The molecular weight excluding hydrogens is 268 g/mol. The zero-order valence-electron chi connectivity index (χ0n) is 12.8. The predicted molar refractivity (Wildman–Crippen MR) is 91.9 cm³/mol. The van der Waals surface area contributed by atoms with E-state index < -0.39 is 0 Å². The zero-order chi connectivity index (χ0) is 14.9. The summed E-state index contributed by atoms with van der Waals surface area (Å²) in [5.74, 6) is 0. The van der Waals surface area contributed by atoms with Crippen LogP contribution in [0.15, 0.2) is 54.6 Å². The van der Waals surface area contributed by atoms with Crippen LogP contribution in [0.4, 0.5) is 0 Å². The molecule has 3 aromatic rings. The van der Waals surface area contributed by atoms with Crippen LogP contribution in [0, 0.1) is 6.92 Å². The molecule has 1 saturated heterocycles. The summed E-state index contributed by atoms with van der Waals surface area (Å²) >= 11 is 0. The van der Waals surface area contributed by atoms with E-state index >= 15 is 0 Å². The quantitative estimate of drug-likeness (QED) is 0.743. The number of hydrogen-bond donors (Lipinski definition) is 1. The first-order chi connectivity index (χ1) is 10.8. The molecule has 0 amide bonds. The molecule has 22 heavy (non-hydrogen) atoms. The number of pyridine rings is 1. The van der Waals surface area contributed by atoms with Crippen LogP contribution >= 0.6 is 0 Å². The van der Waals surface area contributed by atoms with E-state index in [0.717, 1.165) is 17.8 Å². The first-order valence-corrected chi connectivity index (χ1v) is 8.02. The van der Waals surface area contributed by atoms with Gasteiger partial charge >= 0.3 is 0 Å². The van der Waals surface area contributed by atoms with Gasteiger partial charge in [0, 0.05) is 17.0 Å². The van der Waals surface area contributed by atoms with E-state index in [-0.39, 0.29) is 0 Å². The van der Waals surface area contributed by atoms with E-state index in [1.54, 1.807) is 0 Å². The van der Waals surface area contributed by atoms with Crippen LogP contribution in [0.25, 0.3) is 22.2 Å². The molecule has 2 aromatic carbocycles. The van der Waals surface area contributed by atoms with Crippen LogP contribution in [0.2, 0.25) is 0 Å². The van der Waals surface area contributed by atoms with Crippen molar-refractivity contribution in [1.29, 1.82) is 0 Å². The maximum atomic E-state index is 5.05. The molecule has 0 unspecified atom stereocenters. The Hall–Kier alpha value is -2.19. The number of nitrogens with one attached hydrogen (secondary N) is 1. The van der Waals surface area contributed by atoms with E-state index in [9.17, 15) is 0 Å². The normalized spacial score (nSPS) is 18.0. The molecular formula is C20H20N2. The fourth-order valence-corrected chi connectivity index (χ4v) is 3.41. The van der Waals surface area contributed by atoms with Gasteiger partial charge in [-0.2, -0.15) is 0 Å². The van der Waals surface area contributed by atoms with Crippen molar-refractivity contribution in [3.05, 3.63) is 65.7 Å². The fourth-order valence-electron chi connectivity index (χ4n) is 3.41. The summed E-state index contributed by atoms with van der Waals surface area (Å²) in [5.41, 5.74) is 6.02. The van der Waals surface area contributed by atoms with Crippen LogP contribution in [0.1, 0.15) is 30.0 Å². The largest absolute Gasteiger partial charge is 0.310 e. The minimum absolute atomic E-state index is 0.424. The van der Waals surface area contributed by atoms with Gasteiger partial charge in [0.15, 0.2) is 0 Å². The Labute approximate surface area is 131 Å². The van der Waals surface area contributed by atoms with Gasteiger partial charge in [-0.15, -0.1) is 0 Å². The summed E-state index contributed by atoms with van der Waals surface area (Å²) in [6, 6.07) is 19.7. The number of aromatic nitrogens is 1. The summed E-state index contributed by atoms with van der Waals surface area (Å²) < 4.78 is 0. The smallest absolute Gasteiger partial charge is 0.0757 e. The summed E-state index contributed by atoms with van der Waals surface area (Å²) in [7, 11) is 0. The zero-order valence-corrected chi connectivity index (χ0v) is 12.8. The number of nitrogens with zero attached hydrogens (tertiary/aromatic N) is 1. The number of rotatable bonds is 2. The lowest BCUT2D eigenvalue weighted by Crippen LogP contribution is -2.14. The van der Waals surface area contributed by atoms with E-state index in [2.05, 4.69) is 66.8 Å². The first kappa shape index (κ1) is 13.5. The highest BCUT2D eigenvalue weighted by atomic mass is 14.9. The van der Waals surface area contributed by atoms with E-state index in [0.29, 0.717) is 6.04 Å². The van der Waals surface area contributed by atoms with Gasteiger partial charge in [-0.1, -0.05) is 48.5 Å². The van der Waals surface area contributed by atoms with Crippen LogP contribution in [-0.2, 0) is 0 Å². The minimum atomic E-state index is 0.424. The summed E-state index contributed by atoms with van der Waals surface area (Å²) in [4.78, 5) is 5.05. The van der Waals surface area contributed by atoms with Gasteiger partial charge in [-0.05, 0) is 43.5 Å². The van der Waals surface area contributed by atoms with Crippen molar-refractivity contribution in [3.63, 3.8) is 0 Å². The second kappa shape index (κ2) is 5.54. The van der Waals surface area contributed by atoms with Crippen molar-refractivity contribution >= 4 is 10.9 Å². The van der Waals surface area contributed by atoms with Crippen molar-refractivity contribution in [2.75, 3.05) is 6.54 Å². The maximum Gasteiger partial charge on any atom is 0.0757 e. The third-order valence-electron chi connectivity index (χ3n) is 4.56. The van der Waals surface area contributed by atoms with Gasteiger partial charge < -0.3 is 5.32 Å². The monoisotopic (exact) mass is 288 g/mol. The third kappa shape index (κ3) is 2.30. The van der Waals surface area contributed by atoms with Crippen molar-refractivity contribution in [3.8, 4) is 11.3 Å². The summed E-state index contributed by atoms with van der Waals surface area (Å²) in [6.07, 6.45) is 2.43. The molecule has 2 nitrogen and oxygen atoms in total. The maximum absolute atomic E-state index is 5.05. The van der Waals surface area contributed by atoms with Crippen molar-refractivity contribution < 1.29 is 0 Å². The molecule has 1 aromatic heterocycles. The topological polar surface area (TPSA) is 24.9 Å². The Morgan fingerprint density at radius 2 is 1.91 bits per heavy atom. The van der Waals surface area contributed by atoms with Crippen molar-refractivity contribution in [2.24, 2.45) is 0 Å². The highest BCUT2D eigenvalue weighted by Gasteiger charge is 2.21. The molecule has 4 rings (SSSR count). The molecule has 110 valence electrons. The Morgan fingerprint density at radius 1 is 1.05 bits per heavy atom. The molecule has 1 N–H and O–H groups in total. The lowest BCUT2D eigenvalue weighted by molar-refractivity contribution is 0.648. The van der Waals surface area contributed by atoms with Crippen LogP contribution < -0.4 is 5.32 Å². The lowest BCUT2D eigenvalue weighted by Gasteiger charge is -2.17. The molecule has 1 atom stereocenters. The van der Waals surface area contributed by atoms with Crippen LogP contribution in [0.5, 0.6) is 0 Å². The number of hydrogen-bond acceptors (Lipinski definition) is 2. The predicted octanol–water partition coefficient (Wildman–Crippen LogP) is 4.63. The molecule has 0 bridgehead atoms. The number of aryl methyl sites for hydroxylation is 1. The first-order valence-electron chi connectivity index (χ1n) is 8.02. The molecule has 1 aliphatic rings. The van der Waals surface area contributed by atoms with Gasteiger partial charge in [0.05, 0.1) is 11.2 Å². The van der Waals surface area contributed by atoms with Gasteiger partial charge in [0.25, 0.3) is 0 Å². The number of fused-ring (bicyclic) bond motifs is 1. The number of para-hydroxylation sites is 1. The summed E-state index contributed by atoms with van der Waals surface area (Å²) in [6.45, 7) is 3.24. The van der Waals surface area contributed by atoms with Crippen molar-refractivity contribution in [2.45, 2.75) is 25.8 Å². The van der Waals surface area contributed by atoms with Crippen LogP contribution in [-0.4, -0.2) is 11.5 Å². The van der Waals surface area contributed by atoms with Gasteiger partial charge in [0.2, 0.25) is 0 Å². The molecule has 2 heteroatoms. The van der Waals surface area contributed by atoms with Gasteiger partial charge in [0.1, 0.15) is 0 Å². The SMILES string of the molecule is Cc1cccc2cc([C@@H]3CCCN3)c(-c3ccccc3)nc12. The molecule has 0 radical (unpaired) electrons. The van der Waals surface area contributed by atoms with E-state index in [4.69, 9.17) is 4.98 Å². The van der Waals surface area contributed by atoms with Crippen LogP contribution in [0.3, 0.4) is 0 Å². The minimum Gasteiger partial charge on any atom is -0.310 e. The second-order valence-electron chi connectivity index (χ2n) is 6.09. The average molecular weight is 288 g/mol. The molecule has 0 aliphatic carbocycles. The Morgan fingerprint density at radius 3 is 2.68 bits per heavy atom. The molecule has 0 saturated carbocycles. The molecule has 1 aliphatic heterocycles. The van der Waals surface area contributed by atoms with Gasteiger partial charge in [-0.25, -0.2) is 4.98 Å². The summed E-state index contributed by atoms with van der Waals surface area (Å²) in [5, 5.41) is 4.86. The Balaban J connectivity index is 1.98. The van der Waals surface area contributed by atoms with E-state index in [1.165, 1.54) is 34.9 Å². The standard InChI is InChI=1S/C20H20N2/c1-14-7-5-10-16-13-17(18-11-6-12-21-18)20(22-19(14)16)15-8-3-2-4-9-15/h2-5,7-10,13,18,21H,6,11-12H2,1H3/t18-/m0/s1. The molecule has 1 fully saturated rings. The molecule has 2 heterocycles. The molecule has 0 spiro atoms. The lowest BCUT2D eigenvalue weighted by atomic mass is 9.96. The number of benzene rings is 2. The highest BCUT2D eigenvalue weighted by molar-refractivity contribution is 5.86. The Kier molecular flexibility index (Phi) is 3.39. The third-order valence-corrected chi connectivity index (χ3v) is 4.56. The second-order valence-corrected chi connectivity index (χ2v) is 6.09. The fraction of sp³-hybridized carbons (Fsp3) is 0.250. The van der Waals surface area contributed by atoms with Crippen molar-refractivity contribution in [1.82, 2.24) is 10.3 Å². The average Bonchev–Trinajstić information content (AvgIpc) is 3.09. The van der Waals surface area contributed by atoms with E-state index in [1.807, 2.05) is 0 Å². The Bertz CT molecular complexity index is 803. The van der Waals surface area contributed by atoms with Gasteiger partial charge in [-0.3, -0.25) is 0 Å².